The summed E-state index contributed by atoms with van der Waals surface area (Å²) in [6.45, 7) is 3.78. The molecule has 41 heavy (non-hydrogen) atoms. The third kappa shape index (κ3) is 6.37. The van der Waals surface area contributed by atoms with Gasteiger partial charge in [0.1, 0.15) is 17.3 Å². The second-order valence-corrected chi connectivity index (χ2v) is 10.2. The van der Waals surface area contributed by atoms with Crippen molar-refractivity contribution in [3.05, 3.63) is 106 Å². The minimum absolute atomic E-state index is 0.0208. The zero-order chi connectivity index (χ0) is 29.5. The molecule has 4 aromatic carbocycles. The molecule has 0 bridgehead atoms. The second-order valence-electron chi connectivity index (χ2n) is 10.2. The molecule has 1 aliphatic rings. The number of halogens is 1. The standard InChI is InChI=1S/C27H30O3.C8H8FNO/c1-4-18-15-17-25(29-2)26(27(18)30-3)23-13-7-11-21-19(8-6-12-22(21)23)14-16-24(28)20-9-5-10-20;1-5-3-2-4-6(9)7(5)8(10)11/h6-8,11-13,15,17,28H,4-5,9-10,14,16H2,1-3H3;2-4H,1H3,(H2,10,11). The number of aliphatic hydroxyl groups excluding tert-OH is 1. The van der Waals surface area contributed by atoms with Crippen LogP contribution >= 0.6 is 0 Å². The number of primary amides is 1. The first-order valence-corrected chi connectivity index (χ1v) is 14.0. The highest BCUT2D eigenvalue weighted by Gasteiger charge is 2.19. The Hall–Kier alpha value is -4.32. The van der Waals surface area contributed by atoms with Crippen LogP contribution in [0.1, 0.15) is 59.7 Å². The van der Waals surface area contributed by atoms with E-state index < -0.39 is 11.7 Å². The molecule has 5 nitrogen and oxygen atoms in total. The van der Waals surface area contributed by atoms with Gasteiger partial charge >= 0.3 is 0 Å². The molecule has 0 aromatic heterocycles. The van der Waals surface area contributed by atoms with Crippen molar-refractivity contribution in [2.75, 3.05) is 14.2 Å². The molecule has 0 heterocycles. The predicted octanol–water partition coefficient (Wildman–Crippen LogP) is 8.25. The van der Waals surface area contributed by atoms with Crippen LogP contribution in [-0.2, 0) is 12.8 Å². The SMILES string of the molecule is CCc1ccc(OC)c(-c2cccc3c(CCC(O)=C4CCC4)cccc23)c1OC.Cc1cccc(F)c1C(N)=O. The van der Waals surface area contributed by atoms with Gasteiger partial charge in [0, 0.05) is 6.42 Å². The second kappa shape index (κ2) is 13.4. The highest BCUT2D eigenvalue weighted by Crippen LogP contribution is 2.44. The Balaban J connectivity index is 0.000000296. The van der Waals surface area contributed by atoms with Crippen LogP contribution in [0.2, 0.25) is 0 Å². The molecule has 1 aliphatic carbocycles. The van der Waals surface area contributed by atoms with Gasteiger partial charge in [-0.1, -0.05) is 61.5 Å². The van der Waals surface area contributed by atoms with Gasteiger partial charge in [-0.2, -0.15) is 0 Å². The maximum atomic E-state index is 12.8. The molecule has 0 saturated heterocycles. The number of aliphatic hydroxyl groups is 1. The van der Waals surface area contributed by atoms with Gasteiger partial charge in [-0.15, -0.1) is 0 Å². The molecule has 0 atom stereocenters. The fourth-order valence-electron chi connectivity index (χ4n) is 5.37. The molecule has 0 aliphatic heterocycles. The van der Waals surface area contributed by atoms with Crippen LogP contribution in [0.3, 0.4) is 0 Å². The van der Waals surface area contributed by atoms with Crippen molar-refractivity contribution in [3.63, 3.8) is 0 Å². The fraction of sp³-hybridized carbons (Fsp3) is 0.286. The zero-order valence-electron chi connectivity index (χ0n) is 24.2. The number of allylic oxidation sites excluding steroid dienone is 2. The van der Waals surface area contributed by atoms with E-state index in [1.165, 1.54) is 46.0 Å². The molecule has 1 fully saturated rings. The van der Waals surface area contributed by atoms with E-state index in [0.717, 1.165) is 48.3 Å². The molecule has 0 spiro atoms. The lowest BCUT2D eigenvalue weighted by molar-refractivity contribution is 0.0996. The summed E-state index contributed by atoms with van der Waals surface area (Å²) in [5.74, 6) is 1.00. The van der Waals surface area contributed by atoms with Crippen LogP contribution < -0.4 is 15.2 Å². The summed E-state index contributed by atoms with van der Waals surface area (Å²) in [4.78, 5) is 10.6. The molecule has 5 rings (SSSR count). The van der Waals surface area contributed by atoms with Crippen LogP contribution in [-0.4, -0.2) is 25.2 Å². The minimum Gasteiger partial charge on any atom is -0.512 e. The average molecular weight is 556 g/mol. The van der Waals surface area contributed by atoms with E-state index in [1.54, 1.807) is 27.2 Å². The summed E-state index contributed by atoms with van der Waals surface area (Å²) in [7, 11) is 3.43. The van der Waals surface area contributed by atoms with E-state index in [1.807, 2.05) is 6.07 Å². The monoisotopic (exact) mass is 555 g/mol. The Morgan fingerprint density at radius 3 is 2.22 bits per heavy atom. The number of methoxy groups -OCH3 is 2. The van der Waals surface area contributed by atoms with Crippen molar-refractivity contribution in [1.82, 2.24) is 0 Å². The number of benzene rings is 4. The van der Waals surface area contributed by atoms with Gasteiger partial charge in [0.2, 0.25) is 0 Å². The normalized spacial score (nSPS) is 12.3. The number of hydrogen-bond acceptors (Lipinski definition) is 4. The Morgan fingerprint density at radius 2 is 1.63 bits per heavy atom. The predicted molar refractivity (Wildman–Crippen MR) is 163 cm³/mol. The van der Waals surface area contributed by atoms with Crippen molar-refractivity contribution in [3.8, 4) is 22.6 Å². The first kappa shape index (κ1) is 29.7. The van der Waals surface area contributed by atoms with Crippen molar-refractivity contribution >= 4 is 16.7 Å². The van der Waals surface area contributed by atoms with Crippen LogP contribution in [0, 0.1) is 12.7 Å². The smallest absolute Gasteiger partial charge is 0.251 e. The van der Waals surface area contributed by atoms with Crippen molar-refractivity contribution in [2.45, 2.75) is 52.4 Å². The maximum absolute atomic E-state index is 12.8. The van der Waals surface area contributed by atoms with Crippen LogP contribution in [0.5, 0.6) is 11.5 Å². The van der Waals surface area contributed by atoms with Gasteiger partial charge in [-0.05, 0) is 89.8 Å². The number of nitrogens with two attached hydrogens (primary N) is 1. The van der Waals surface area contributed by atoms with E-state index in [9.17, 15) is 14.3 Å². The van der Waals surface area contributed by atoms with E-state index in [2.05, 4.69) is 49.4 Å². The Bertz CT molecular complexity index is 1560. The van der Waals surface area contributed by atoms with Crippen molar-refractivity contribution in [1.29, 1.82) is 0 Å². The molecular weight excluding hydrogens is 517 g/mol. The van der Waals surface area contributed by atoms with Gasteiger partial charge in [0.15, 0.2) is 0 Å². The lowest BCUT2D eigenvalue weighted by Crippen LogP contribution is -2.14. The van der Waals surface area contributed by atoms with E-state index in [4.69, 9.17) is 15.2 Å². The average Bonchev–Trinajstić information content (AvgIpc) is 2.94. The third-order valence-electron chi connectivity index (χ3n) is 7.75. The van der Waals surface area contributed by atoms with Crippen LogP contribution in [0.25, 0.3) is 21.9 Å². The quantitative estimate of drug-likeness (QED) is 0.215. The molecule has 0 radical (unpaired) electrons. The zero-order valence-corrected chi connectivity index (χ0v) is 24.2. The summed E-state index contributed by atoms with van der Waals surface area (Å²) >= 11 is 0. The number of ether oxygens (including phenoxy) is 2. The van der Waals surface area contributed by atoms with Gasteiger partial charge < -0.3 is 20.3 Å². The molecule has 3 N–H and O–H groups in total. The fourth-order valence-corrected chi connectivity index (χ4v) is 5.37. The van der Waals surface area contributed by atoms with Crippen molar-refractivity contribution < 1.29 is 23.8 Å². The summed E-state index contributed by atoms with van der Waals surface area (Å²) in [6, 6.07) is 21.4. The molecule has 214 valence electrons. The number of rotatable bonds is 8. The molecule has 6 heteroatoms. The lowest BCUT2D eigenvalue weighted by Gasteiger charge is -2.19. The highest BCUT2D eigenvalue weighted by molar-refractivity contribution is 6.01. The summed E-state index contributed by atoms with van der Waals surface area (Å²) in [5.41, 5.74) is 11.3. The van der Waals surface area contributed by atoms with Crippen molar-refractivity contribution in [2.24, 2.45) is 5.73 Å². The molecule has 1 saturated carbocycles. The summed E-state index contributed by atoms with van der Waals surface area (Å²) < 4.78 is 24.4. The molecule has 0 unspecified atom stereocenters. The van der Waals surface area contributed by atoms with Gasteiger partial charge in [-0.25, -0.2) is 4.39 Å². The molecular formula is C35H38FNO4. The maximum Gasteiger partial charge on any atom is 0.251 e. The van der Waals surface area contributed by atoms with E-state index >= 15 is 0 Å². The number of hydrogen-bond donors (Lipinski definition) is 2. The number of fused-ring (bicyclic) bond motifs is 1. The highest BCUT2D eigenvalue weighted by atomic mass is 19.1. The number of aryl methyl sites for hydroxylation is 3. The van der Waals surface area contributed by atoms with Gasteiger partial charge in [-0.3, -0.25) is 4.79 Å². The van der Waals surface area contributed by atoms with Crippen LogP contribution in [0.4, 0.5) is 4.39 Å². The number of carbonyl (C=O) groups excluding carboxylic acids is 1. The Labute approximate surface area is 241 Å². The first-order chi connectivity index (χ1) is 19.8. The summed E-state index contributed by atoms with van der Waals surface area (Å²) in [5, 5.41) is 12.8. The van der Waals surface area contributed by atoms with E-state index in [0.29, 0.717) is 17.7 Å². The van der Waals surface area contributed by atoms with Gasteiger partial charge in [0.05, 0.1) is 31.1 Å². The van der Waals surface area contributed by atoms with E-state index in [-0.39, 0.29) is 5.56 Å². The number of carbonyl (C=O) groups is 1. The molecule has 1 amide bonds. The molecule has 4 aromatic rings. The lowest BCUT2D eigenvalue weighted by atomic mass is 9.89. The minimum atomic E-state index is -0.722. The first-order valence-electron chi connectivity index (χ1n) is 14.0. The van der Waals surface area contributed by atoms with Crippen LogP contribution in [0.15, 0.2) is 78.1 Å². The summed E-state index contributed by atoms with van der Waals surface area (Å²) in [6.07, 6.45) is 5.75. The Kier molecular flexibility index (Phi) is 9.66. The number of amides is 1. The van der Waals surface area contributed by atoms with Gasteiger partial charge in [0.25, 0.3) is 5.91 Å². The topological polar surface area (TPSA) is 81.8 Å². The Morgan fingerprint density at radius 1 is 0.927 bits per heavy atom. The largest absolute Gasteiger partial charge is 0.512 e. The third-order valence-corrected chi connectivity index (χ3v) is 7.75.